The zero-order valence-electron chi connectivity index (χ0n) is 7.87. The minimum absolute atomic E-state index is 0.203. The number of nitrogens with two attached hydrogens (primary N) is 1. The summed E-state index contributed by atoms with van der Waals surface area (Å²) in [5.74, 6) is 0. The van der Waals surface area contributed by atoms with Crippen molar-refractivity contribution in [2.45, 2.75) is 17.6 Å². The Balaban J connectivity index is 3.55. The van der Waals surface area contributed by atoms with E-state index in [2.05, 4.69) is 10.1 Å². The molecule has 0 amide bonds. The van der Waals surface area contributed by atoms with Gasteiger partial charge < -0.3 is 0 Å². The molecule has 96 valence electrons. The van der Waals surface area contributed by atoms with Crippen LogP contribution in [0.5, 0.6) is 0 Å². The van der Waals surface area contributed by atoms with Gasteiger partial charge in [-0.1, -0.05) is 0 Å². The molecule has 0 spiro atoms. The molecular weight excluding hydrogens is 271 g/mol. The summed E-state index contributed by atoms with van der Waals surface area (Å²) in [6, 6.07) is 0.594. The number of alkyl halides is 5. The minimum atomic E-state index is -5.05. The first-order valence-electron chi connectivity index (χ1n) is 3.92. The Kier molecular flexibility index (Phi) is 3.39. The average molecular weight is 276 g/mol. The van der Waals surface area contributed by atoms with E-state index >= 15 is 0 Å². The smallest absolute Gasteiger partial charge is 0.233 e. The molecule has 1 rings (SSSR count). The Morgan fingerprint density at radius 2 is 1.76 bits per heavy atom. The van der Waals surface area contributed by atoms with E-state index in [0.717, 1.165) is 0 Å². The van der Waals surface area contributed by atoms with Crippen molar-refractivity contribution in [1.29, 1.82) is 0 Å². The highest BCUT2D eigenvalue weighted by atomic mass is 32.2. The van der Waals surface area contributed by atoms with Gasteiger partial charge >= 0.3 is 6.18 Å². The van der Waals surface area contributed by atoms with E-state index in [4.69, 9.17) is 0 Å². The lowest BCUT2D eigenvalue weighted by Crippen LogP contribution is -2.21. The maximum atomic E-state index is 12.4. The van der Waals surface area contributed by atoms with Crippen LogP contribution in [0.15, 0.2) is 17.2 Å². The summed E-state index contributed by atoms with van der Waals surface area (Å²) in [6.07, 6.45) is -8.24. The first kappa shape index (κ1) is 13.8. The number of pyridine rings is 1. The van der Waals surface area contributed by atoms with E-state index in [9.17, 15) is 30.4 Å². The molecule has 4 nitrogen and oxygen atoms in total. The molecule has 0 saturated carbocycles. The van der Waals surface area contributed by atoms with Crippen LogP contribution >= 0.6 is 0 Å². The van der Waals surface area contributed by atoms with Crippen molar-refractivity contribution in [3.05, 3.63) is 23.4 Å². The molecule has 0 aromatic carbocycles. The van der Waals surface area contributed by atoms with Gasteiger partial charge in [-0.3, -0.25) is 0 Å². The van der Waals surface area contributed by atoms with Crippen LogP contribution in [0, 0.1) is 0 Å². The van der Waals surface area contributed by atoms with Gasteiger partial charge in [0, 0.05) is 0 Å². The molecule has 0 unspecified atom stereocenters. The van der Waals surface area contributed by atoms with Crippen molar-refractivity contribution < 1.29 is 30.4 Å². The summed E-state index contributed by atoms with van der Waals surface area (Å²) in [5, 5.41) is 2.88. The lowest BCUT2D eigenvalue weighted by molar-refractivity contribution is -0.140. The fraction of sp³-hybridized carbons (Fsp3) is 0.286. The van der Waals surface area contributed by atoms with Crippen molar-refractivity contribution >= 4 is 10.0 Å². The highest BCUT2D eigenvalue weighted by molar-refractivity contribution is 7.89. The number of rotatable bonds is 2. The molecule has 1 heterocycles. The van der Waals surface area contributed by atoms with Gasteiger partial charge in [-0.2, -0.15) is 13.2 Å². The van der Waals surface area contributed by atoms with Gasteiger partial charge in [-0.15, -0.1) is 0 Å². The Labute approximate surface area is 92.3 Å². The van der Waals surface area contributed by atoms with Gasteiger partial charge in [0.15, 0.2) is 5.03 Å². The zero-order chi connectivity index (χ0) is 13.4. The van der Waals surface area contributed by atoms with Crippen LogP contribution in [-0.2, 0) is 16.2 Å². The normalized spacial score (nSPS) is 13.1. The van der Waals surface area contributed by atoms with Crippen molar-refractivity contribution in [2.75, 3.05) is 0 Å². The molecule has 1 aromatic rings. The van der Waals surface area contributed by atoms with E-state index in [1.54, 1.807) is 0 Å². The van der Waals surface area contributed by atoms with Crippen LogP contribution in [0.25, 0.3) is 0 Å². The third-order valence-corrected chi connectivity index (χ3v) is 2.53. The molecular formula is C7H5F5N2O2S. The first-order chi connectivity index (χ1) is 7.53. The van der Waals surface area contributed by atoms with Gasteiger partial charge in [0.25, 0.3) is 16.4 Å². The fourth-order valence-corrected chi connectivity index (χ4v) is 1.73. The van der Waals surface area contributed by atoms with E-state index in [0.29, 0.717) is 6.07 Å². The Morgan fingerprint density at radius 1 is 1.24 bits per heavy atom. The van der Waals surface area contributed by atoms with E-state index < -0.39 is 38.9 Å². The highest BCUT2D eigenvalue weighted by Gasteiger charge is 2.38. The van der Waals surface area contributed by atoms with Crippen LogP contribution in [0.3, 0.4) is 0 Å². The molecule has 0 fully saturated rings. The Hall–Kier alpha value is -1.29. The zero-order valence-corrected chi connectivity index (χ0v) is 8.69. The second-order valence-electron chi connectivity index (χ2n) is 2.93. The van der Waals surface area contributed by atoms with Crippen LogP contribution in [-0.4, -0.2) is 13.4 Å². The number of nitrogens with zero attached hydrogens (tertiary/aromatic N) is 1. The predicted molar refractivity (Wildman–Crippen MR) is 45.6 cm³/mol. The number of primary sulfonamides is 1. The molecule has 0 saturated heterocycles. The van der Waals surface area contributed by atoms with Crippen molar-refractivity contribution in [1.82, 2.24) is 4.98 Å². The second kappa shape index (κ2) is 4.18. The summed E-state index contributed by atoms with van der Waals surface area (Å²) in [4.78, 5) is 2.73. The van der Waals surface area contributed by atoms with Gasteiger partial charge in [0.2, 0.25) is 0 Å². The summed E-state index contributed by atoms with van der Waals surface area (Å²) in [7, 11) is -4.84. The van der Waals surface area contributed by atoms with Gasteiger partial charge in [0.05, 0.1) is 5.56 Å². The third kappa shape index (κ3) is 3.09. The number of hydrogen-bond donors (Lipinski definition) is 1. The standard InChI is InChI=1S/C7H5F5N2O2S/c8-5(9)4-2-1-3(7(10,11)12)6(14-4)17(13,15)16/h1-2,5H,(H2,13,15,16). The van der Waals surface area contributed by atoms with E-state index in [1.807, 2.05) is 0 Å². The molecule has 0 radical (unpaired) electrons. The van der Waals surface area contributed by atoms with Gasteiger partial charge in [0.1, 0.15) is 5.69 Å². The third-order valence-electron chi connectivity index (χ3n) is 1.68. The van der Waals surface area contributed by atoms with Crippen LogP contribution in [0.1, 0.15) is 17.7 Å². The summed E-state index contributed by atoms with van der Waals surface area (Å²) in [5.41, 5.74) is -2.77. The lowest BCUT2D eigenvalue weighted by atomic mass is 10.2. The fourth-order valence-electron chi connectivity index (χ4n) is 1.01. The summed E-state index contributed by atoms with van der Waals surface area (Å²) >= 11 is 0. The highest BCUT2D eigenvalue weighted by Crippen LogP contribution is 2.33. The first-order valence-corrected chi connectivity index (χ1v) is 5.47. The SMILES string of the molecule is NS(=O)(=O)c1nc(C(F)F)ccc1C(F)(F)F. The lowest BCUT2D eigenvalue weighted by Gasteiger charge is -2.11. The Bertz CT molecular complexity index is 526. The van der Waals surface area contributed by atoms with Crippen LogP contribution in [0.4, 0.5) is 22.0 Å². The largest absolute Gasteiger partial charge is 0.419 e. The van der Waals surface area contributed by atoms with E-state index in [1.165, 1.54) is 0 Å². The quantitative estimate of drug-likeness (QED) is 0.835. The maximum absolute atomic E-state index is 12.4. The topological polar surface area (TPSA) is 73.1 Å². The molecule has 10 heteroatoms. The predicted octanol–water partition coefficient (Wildman–Crippen LogP) is 1.69. The number of halogens is 5. The number of sulfonamides is 1. The molecule has 2 N–H and O–H groups in total. The van der Waals surface area contributed by atoms with Crippen molar-refractivity contribution in [2.24, 2.45) is 5.14 Å². The van der Waals surface area contributed by atoms with Crippen LogP contribution in [0.2, 0.25) is 0 Å². The number of hydrogen-bond acceptors (Lipinski definition) is 3. The molecule has 0 aliphatic heterocycles. The second-order valence-corrected chi connectivity index (χ2v) is 4.41. The van der Waals surface area contributed by atoms with Gasteiger partial charge in [-0.05, 0) is 12.1 Å². The Morgan fingerprint density at radius 3 is 2.12 bits per heavy atom. The van der Waals surface area contributed by atoms with E-state index in [-0.39, 0.29) is 6.07 Å². The molecule has 1 aromatic heterocycles. The van der Waals surface area contributed by atoms with Gasteiger partial charge in [-0.25, -0.2) is 27.3 Å². The average Bonchev–Trinajstić information content (AvgIpc) is 2.14. The molecule has 0 aliphatic rings. The molecule has 17 heavy (non-hydrogen) atoms. The van der Waals surface area contributed by atoms with Crippen molar-refractivity contribution in [3.63, 3.8) is 0 Å². The molecule has 0 bridgehead atoms. The minimum Gasteiger partial charge on any atom is -0.233 e. The van der Waals surface area contributed by atoms with Crippen molar-refractivity contribution in [3.8, 4) is 0 Å². The summed E-state index contributed by atoms with van der Waals surface area (Å²) < 4.78 is 83.2. The monoisotopic (exact) mass is 276 g/mol. The summed E-state index contributed by atoms with van der Waals surface area (Å²) in [6.45, 7) is 0. The maximum Gasteiger partial charge on any atom is 0.419 e. The van der Waals surface area contributed by atoms with Crippen LogP contribution < -0.4 is 5.14 Å². The molecule has 0 atom stereocenters. The number of aromatic nitrogens is 1. The molecule has 0 aliphatic carbocycles.